The molecule has 2 aliphatic rings. The molecule has 0 aliphatic carbocycles. The van der Waals surface area contributed by atoms with Gasteiger partial charge in [0.2, 0.25) is 0 Å². The van der Waals surface area contributed by atoms with Crippen molar-refractivity contribution in [2.24, 2.45) is 0 Å². The standard InChI is InChI=1S/C23H33N3O7S/c1-14(2)34(30,31)20-7-6-17(26-11-15(3)33-16(4)12-26)10-19(20)24-21-18(23(29)32-5)13-25(8-9-27)22(21)28/h6-7,10,14-16,24,27H,8-9,11-13H2,1-5H3. The fourth-order valence-electron chi connectivity index (χ4n) is 4.19. The van der Waals surface area contributed by atoms with Gasteiger partial charge in [0.05, 0.1) is 53.9 Å². The molecule has 0 radical (unpaired) electrons. The van der Waals surface area contributed by atoms with Crippen LogP contribution < -0.4 is 10.2 Å². The first-order chi connectivity index (χ1) is 16.0. The van der Waals surface area contributed by atoms with Crippen LogP contribution in [-0.2, 0) is 28.9 Å². The van der Waals surface area contributed by atoms with Gasteiger partial charge in [-0.05, 0) is 45.9 Å². The first kappa shape index (κ1) is 26.0. The lowest BCUT2D eigenvalue weighted by atomic mass is 10.1. The molecule has 11 heteroatoms. The third-order valence-electron chi connectivity index (χ3n) is 5.89. The van der Waals surface area contributed by atoms with Gasteiger partial charge in [-0.3, -0.25) is 4.79 Å². The SMILES string of the molecule is COC(=O)C1=C(Nc2cc(N3CC(C)OC(C)C3)ccc2S(=O)(=O)C(C)C)C(=O)N(CCO)C1. The molecule has 2 unspecified atom stereocenters. The summed E-state index contributed by atoms with van der Waals surface area (Å²) in [6.07, 6.45) is -0.00682. The number of anilines is 2. The van der Waals surface area contributed by atoms with Crippen molar-refractivity contribution in [1.82, 2.24) is 4.90 Å². The maximum absolute atomic E-state index is 13.1. The van der Waals surface area contributed by atoms with Crippen LogP contribution in [0.25, 0.3) is 0 Å². The van der Waals surface area contributed by atoms with Crippen molar-refractivity contribution in [3.8, 4) is 0 Å². The van der Waals surface area contributed by atoms with Crippen LogP contribution in [0.5, 0.6) is 0 Å². The van der Waals surface area contributed by atoms with E-state index in [0.717, 1.165) is 5.69 Å². The van der Waals surface area contributed by atoms with Crippen molar-refractivity contribution >= 4 is 33.1 Å². The monoisotopic (exact) mass is 495 g/mol. The number of benzene rings is 1. The van der Waals surface area contributed by atoms with Crippen molar-refractivity contribution < 1.29 is 32.6 Å². The Morgan fingerprint density at radius 2 is 1.91 bits per heavy atom. The first-order valence-electron chi connectivity index (χ1n) is 11.3. The predicted molar refractivity (Wildman–Crippen MR) is 127 cm³/mol. The van der Waals surface area contributed by atoms with Gasteiger partial charge in [0.15, 0.2) is 9.84 Å². The summed E-state index contributed by atoms with van der Waals surface area (Å²) in [4.78, 5) is 28.8. The minimum Gasteiger partial charge on any atom is -0.466 e. The number of hydrogen-bond donors (Lipinski definition) is 2. The number of sulfone groups is 1. The van der Waals surface area contributed by atoms with Gasteiger partial charge in [0.25, 0.3) is 5.91 Å². The molecule has 2 heterocycles. The molecule has 1 aromatic rings. The number of β-amino-alcohol motifs (C(OH)–C–C–N with tert-alkyl or cyclic N) is 1. The molecule has 188 valence electrons. The van der Waals surface area contributed by atoms with E-state index in [2.05, 4.69) is 10.2 Å². The fraction of sp³-hybridized carbons (Fsp3) is 0.565. The number of aliphatic hydroxyl groups is 1. The number of carbonyl (C=O) groups is 2. The Balaban J connectivity index is 2.10. The largest absolute Gasteiger partial charge is 0.466 e. The Kier molecular flexibility index (Phi) is 7.89. The average Bonchev–Trinajstić information content (AvgIpc) is 3.08. The molecule has 2 atom stereocenters. The second-order valence-corrected chi connectivity index (χ2v) is 11.3. The second kappa shape index (κ2) is 10.3. The lowest BCUT2D eigenvalue weighted by Gasteiger charge is -2.37. The summed E-state index contributed by atoms with van der Waals surface area (Å²) in [6, 6.07) is 4.96. The van der Waals surface area contributed by atoms with E-state index in [1.807, 2.05) is 13.8 Å². The van der Waals surface area contributed by atoms with E-state index in [1.165, 1.54) is 18.1 Å². The van der Waals surface area contributed by atoms with Gasteiger partial charge in [0, 0.05) is 25.3 Å². The third-order valence-corrected chi connectivity index (χ3v) is 8.10. The van der Waals surface area contributed by atoms with Crippen LogP contribution in [0.3, 0.4) is 0 Å². The smallest absolute Gasteiger partial charge is 0.337 e. The fourth-order valence-corrected chi connectivity index (χ4v) is 5.37. The van der Waals surface area contributed by atoms with Crippen LogP contribution >= 0.6 is 0 Å². The Morgan fingerprint density at radius 3 is 2.47 bits per heavy atom. The molecule has 2 aliphatic heterocycles. The lowest BCUT2D eigenvalue weighted by Crippen LogP contribution is -2.45. The Morgan fingerprint density at radius 1 is 1.26 bits per heavy atom. The Labute approximate surface area is 200 Å². The summed E-state index contributed by atoms with van der Waals surface area (Å²) < 4.78 is 36.9. The van der Waals surface area contributed by atoms with Crippen LogP contribution in [0.15, 0.2) is 34.4 Å². The van der Waals surface area contributed by atoms with E-state index < -0.39 is 27.0 Å². The van der Waals surface area contributed by atoms with Gasteiger partial charge in [-0.25, -0.2) is 13.2 Å². The van der Waals surface area contributed by atoms with Crippen molar-refractivity contribution in [1.29, 1.82) is 0 Å². The van der Waals surface area contributed by atoms with Crippen molar-refractivity contribution in [3.05, 3.63) is 29.5 Å². The van der Waals surface area contributed by atoms with E-state index in [9.17, 15) is 23.1 Å². The maximum Gasteiger partial charge on any atom is 0.337 e. The number of nitrogens with zero attached hydrogens (tertiary/aromatic N) is 2. The summed E-state index contributed by atoms with van der Waals surface area (Å²) >= 11 is 0. The number of ether oxygens (including phenoxy) is 2. The number of carbonyl (C=O) groups excluding carboxylic acids is 2. The van der Waals surface area contributed by atoms with Crippen LogP contribution in [0, 0.1) is 0 Å². The van der Waals surface area contributed by atoms with E-state index in [4.69, 9.17) is 9.47 Å². The minimum atomic E-state index is -3.71. The van der Waals surface area contributed by atoms with Gasteiger partial charge < -0.3 is 29.7 Å². The third kappa shape index (κ3) is 5.21. The zero-order valence-electron chi connectivity index (χ0n) is 20.2. The zero-order chi connectivity index (χ0) is 25.2. The molecular formula is C23H33N3O7S. The maximum atomic E-state index is 13.1. The van der Waals surface area contributed by atoms with E-state index in [1.54, 1.807) is 26.0 Å². The van der Waals surface area contributed by atoms with Gasteiger partial charge in [0.1, 0.15) is 5.70 Å². The second-order valence-electron chi connectivity index (χ2n) is 8.86. The number of morpholine rings is 1. The van der Waals surface area contributed by atoms with Crippen molar-refractivity contribution in [2.45, 2.75) is 50.0 Å². The summed E-state index contributed by atoms with van der Waals surface area (Å²) in [5.41, 5.74) is 0.993. The molecule has 0 spiro atoms. The predicted octanol–water partition coefficient (Wildman–Crippen LogP) is 1.16. The summed E-state index contributed by atoms with van der Waals surface area (Å²) in [6.45, 7) is 8.08. The number of esters is 1. The molecule has 34 heavy (non-hydrogen) atoms. The molecule has 2 N–H and O–H groups in total. The summed E-state index contributed by atoms with van der Waals surface area (Å²) in [7, 11) is -2.50. The molecule has 0 bridgehead atoms. The van der Waals surface area contributed by atoms with E-state index in [0.29, 0.717) is 13.1 Å². The number of amides is 1. The summed E-state index contributed by atoms with van der Waals surface area (Å²) in [5.74, 6) is -1.21. The van der Waals surface area contributed by atoms with E-state index in [-0.39, 0.29) is 53.8 Å². The van der Waals surface area contributed by atoms with Crippen LogP contribution in [0.2, 0.25) is 0 Å². The molecule has 0 saturated carbocycles. The van der Waals surface area contributed by atoms with Gasteiger partial charge in [-0.2, -0.15) is 0 Å². The number of hydrogen-bond acceptors (Lipinski definition) is 9. The molecule has 0 aromatic heterocycles. The molecule has 10 nitrogen and oxygen atoms in total. The quantitative estimate of drug-likeness (QED) is 0.511. The number of nitrogens with one attached hydrogen (secondary N) is 1. The highest BCUT2D eigenvalue weighted by atomic mass is 32.2. The first-order valence-corrected chi connectivity index (χ1v) is 12.8. The normalized spacial score (nSPS) is 21.4. The number of rotatable bonds is 8. The Bertz CT molecular complexity index is 1070. The molecule has 3 rings (SSSR count). The van der Waals surface area contributed by atoms with Crippen molar-refractivity contribution in [3.63, 3.8) is 0 Å². The highest BCUT2D eigenvalue weighted by Gasteiger charge is 2.36. The number of methoxy groups -OCH3 is 1. The van der Waals surface area contributed by atoms with Gasteiger partial charge >= 0.3 is 5.97 Å². The number of aliphatic hydroxyl groups excluding tert-OH is 1. The van der Waals surface area contributed by atoms with Crippen LogP contribution in [0.1, 0.15) is 27.7 Å². The van der Waals surface area contributed by atoms with Gasteiger partial charge in [-0.15, -0.1) is 0 Å². The van der Waals surface area contributed by atoms with Crippen LogP contribution in [-0.4, -0.2) is 87.7 Å². The van der Waals surface area contributed by atoms with Gasteiger partial charge in [-0.1, -0.05) is 0 Å². The molecule has 1 saturated heterocycles. The highest BCUT2D eigenvalue weighted by molar-refractivity contribution is 7.92. The average molecular weight is 496 g/mol. The topological polar surface area (TPSA) is 125 Å². The molecule has 1 fully saturated rings. The minimum absolute atomic E-state index is 0.00341. The summed E-state index contributed by atoms with van der Waals surface area (Å²) in [5, 5.41) is 11.5. The van der Waals surface area contributed by atoms with Crippen molar-refractivity contribution in [2.75, 3.05) is 50.1 Å². The highest BCUT2D eigenvalue weighted by Crippen LogP contribution is 2.33. The molecule has 1 aromatic carbocycles. The Hall–Kier alpha value is -2.63. The lowest BCUT2D eigenvalue weighted by molar-refractivity contribution is -0.136. The molecular weight excluding hydrogens is 462 g/mol. The zero-order valence-corrected chi connectivity index (χ0v) is 21.0. The van der Waals surface area contributed by atoms with E-state index >= 15 is 0 Å². The molecule has 1 amide bonds. The van der Waals surface area contributed by atoms with Crippen LogP contribution in [0.4, 0.5) is 11.4 Å².